The minimum atomic E-state index is -0.263. The molecule has 0 aromatic heterocycles. The van der Waals surface area contributed by atoms with Crippen LogP contribution in [0, 0.1) is 11.8 Å². The predicted molar refractivity (Wildman–Crippen MR) is 88.5 cm³/mol. The molecule has 0 radical (unpaired) electrons. The standard InChI is InChI=1S/C18H24N2O2/c1-4-17(21)19-16-8-6-5-7-14(16)11-18(22)20-10-9-15(12-20)13(2)3/h4-8,13,15H,1,9-12H2,2-3H3,(H,19,21). The fourth-order valence-corrected chi connectivity index (χ4v) is 2.81. The van der Waals surface area contributed by atoms with E-state index in [0.29, 0.717) is 23.9 Å². The second-order valence-electron chi connectivity index (χ2n) is 6.16. The maximum Gasteiger partial charge on any atom is 0.247 e. The van der Waals surface area contributed by atoms with Crippen LogP contribution in [0.25, 0.3) is 0 Å². The molecule has 1 atom stereocenters. The van der Waals surface area contributed by atoms with Gasteiger partial charge in [0.2, 0.25) is 11.8 Å². The molecule has 0 spiro atoms. The van der Waals surface area contributed by atoms with E-state index < -0.39 is 0 Å². The Hall–Kier alpha value is -2.10. The van der Waals surface area contributed by atoms with Gasteiger partial charge in [0.15, 0.2) is 0 Å². The molecule has 1 saturated heterocycles. The van der Waals surface area contributed by atoms with Gasteiger partial charge in [-0.3, -0.25) is 9.59 Å². The number of amides is 2. The highest BCUT2D eigenvalue weighted by Gasteiger charge is 2.28. The third-order valence-electron chi connectivity index (χ3n) is 4.32. The Morgan fingerprint density at radius 3 is 2.77 bits per heavy atom. The summed E-state index contributed by atoms with van der Waals surface area (Å²) >= 11 is 0. The molecule has 118 valence electrons. The Kier molecular flexibility index (Phi) is 5.36. The molecule has 1 aliphatic heterocycles. The third kappa shape index (κ3) is 3.97. The zero-order chi connectivity index (χ0) is 16.1. The van der Waals surface area contributed by atoms with Gasteiger partial charge < -0.3 is 10.2 Å². The summed E-state index contributed by atoms with van der Waals surface area (Å²) in [6.07, 6.45) is 2.63. The molecule has 2 amide bonds. The molecular weight excluding hydrogens is 276 g/mol. The predicted octanol–water partition coefficient (Wildman–Crippen LogP) is 2.86. The van der Waals surface area contributed by atoms with Gasteiger partial charge in [-0.25, -0.2) is 0 Å². The number of hydrogen-bond donors (Lipinski definition) is 1. The molecule has 4 heteroatoms. The van der Waals surface area contributed by atoms with Gasteiger partial charge in [-0.2, -0.15) is 0 Å². The van der Waals surface area contributed by atoms with Gasteiger partial charge in [-0.1, -0.05) is 38.6 Å². The van der Waals surface area contributed by atoms with E-state index in [-0.39, 0.29) is 11.8 Å². The van der Waals surface area contributed by atoms with Crippen molar-refractivity contribution in [3.63, 3.8) is 0 Å². The summed E-state index contributed by atoms with van der Waals surface area (Å²) in [7, 11) is 0. The fourth-order valence-electron chi connectivity index (χ4n) is 2.81. The first-order chi connectivity index (χ1) is 10.5. The lowest BCUT2D eigenvalue weighted by atomic mass is 9.95. The van der Waals surface area contributed by atoms with Crippen molar-refractivity contribution in [2.45, 2.75) is 26.7 Å². The molecule has 2 rings (SSSR count). The molecule has 0 aliphatic carbocycles. The normalized spacial score (nSPS) is 17.6. The number of nitrogens with zero attached hydrogens (tertiary/aromatic N) is 1. The Morgan fingerprint density at radius 1 is 1.41 bits per heavy atom. The molecule has 1 fully saturated rings. The van der Waals surface area contributed by atoms with Crippen LogP contribution in [0.1, 0.15) is 25.8 Å². The number of likely N-dealkylation sites (tertiary alicyclic amines) is 1. The van der Waals surface area contributed by atoms with E-state index in [0.717, 1.165) is 25.1 Å². The van der Waals surface area contributed by atoms with Crippen LogP contribution in [0.15, 0.2) is 36.9 Å². The van der Waals surface area contributed by atoms with Crippen LogP contribution in [-0.4, -0.2) is 29.8 Å². The minimum Gasteiger partial charge on any atom is -0.342 e. The van der Waals surface area contributed by atoms with E-state index in [1.54, 1.807) is 0 Å². The Balaban J connectivity index is 2.03. The Labute approximate surface area is 132 Å². The highest BCUT2D eigenvalue weighted by Crippen LogP contribution is 2.25. The molecule has 4 nitrogen and oxygen atoms in total. The molecule has 1 heterocycles. The molecule has 0 saturated carbocycles. The van der Waals surface area contributed by atoms with E-state index in [9.17, 15) is 9.59 Å². The van der Waals surface area contributed by atoms with Crippen molar-refractivity contribution in [3.8, 4) is 0 Å². The van der Waals surface area contributed by atoms with Crippen molar-refractivity contribution in [2.75, 3.05) is 18.4 Å². The quantitative estimate of drug-likeness (QED) is 0.850. The average molecular weight is 300 g/mol. The largest absolute Gasteiger partial charge is 0.342 e. The van der Waals surface area contributed by atoms with E-state index in [1.165, 1.54) is 6.08 Å². The van der Waals surface area contributed by atoms with Crippen molar-refractivity contribution in [3.05, 3.63) is 42.5 Å². The number of carbonyl (C=O) groups is 2. The number of nitrogens with one attached hydrogen (secondary N) is 1. The first-order valence-corrected chi connectivity index (χ1v) is 7.80. The summed E-state index contributed by atoms with van der Waals surface area (Å²) < 4.78 is 0. The van der Waals surface area contributed by atoms with E-state index >= 15 is 0 Å². The van der Waals surface area contributed by atoms with E-state index in [2.05, 4.69) is 25.7 Å². The van der Waals surface area contributed by atoms with Crippen LogP contribution in [0.4, 0.5) is 5.69 Å². The molecule has 1 N–H and O–H groups in total. The average Bonchev–Trinajstić information content (AvgIpc) is 2.99. The summed E-state index contributed by atoms with van der Waals surface area (Å²) in [6, 6.07) is 7.42. The van der Waals surface area contributed by atoms with E-state index in [1.807, 2.05) is 29.2 Å². The van der Waals surface area contributed by atoms with Gasteiger partial charge >= 0.3 is 0 Å². The molecule has 0 bridgehead atoms. The lowest BCUT2D eigenvalue weighted by Crippen LogP contribution is -2.31. The van der Waals surface area contributed by atoms with Gasteiger partial charge in [0.25, 0.3) is 0 Å². The third-order valence-corrected chi connectivity index (χ3v) is 4.32. The molecule has 1 aromatic carbocycles. The first kappa shape index (κ1) is 16.3. The van der Waals surface area contributed by atoms with Crippen molar-refractivity contribution in [1.29, 1.82) is 0 Å². The summed E-state index contributed by atoms with van der Waals surface area (Å²) in [5, 5.41) is 2.76. The van der Waals surface area contributed by atoms with Gasteiger partial charge in [0, 0.05) is 18.8 Å². The van der Waals surface area contributed by atoms with Crippen LogP contribution < -0.4 is 5.32 Å². The van der Waals surface area contributed by atoms with Crippen LogP contribution in [0.5, 0.6) is 0 Å². The SMILES string of the molecule is C=CC(=O)Nc1ccccc1CC(=O)N1CCC(C(C)C)C1. The number of benzene rings is 1. The second-order valence-corrected chi connectivity index (χ2v) is 6.16. The zero-order valence-corrected chi connectivity index (χ0v) is 13.3. The lowest BCUT2D eigenvalue weighted by molar-refractivity contribution is -0.129. The molecular formula is C18H24N2O2. The van der Waals surface area contributed by atoms with Crippen LogP contribution in [-0.2, 0) is 16.0 Å². The van der Waals surface area contributed by atoms with Crippen molar-refractivity contribution >= 4 is 17.5 Å². The Bertz CT molecular complexity index is 566. The van der Waals surface area contributed by atoms with Crippen LogP contribution in [0.2, 0.25) is 0 Å². The topological polar surface area (TPSA) is 49.4 Å². The monoisotopic (exact) mass is 300 g/mol. The van der Waals surface area contributed by atoms with Gasteiger partial charge in [0.05, 0.1) is 6.42 Å². The summed E-state index contributed by atoms with van der Waals surface area (Å²) in [5.74, 6) is 1.07. The molecule has 22 heavy (non-hydrogen) atoms. The second kappa shape index (κ2) is 7.25. The summed E-state index contributed by atoms with van der Waals surface area (Å²) in [6.45, 7) is 9.54. The van der Waals surface area contributed by atoms with E-state index in [4.69, 9.17) is 0 Å². The fraction of sp³-hybridized carbons (Fsp3) is 0.444. The van der Waals surface area contributed by atoms with Crippen molar-refractivity contribution < 1.29 is 9.59 Å². The van der Waals surface area contributed by atoms with Gasteiger partial charge in [-0.05, 0) is 36.0 Å². The maximum absolute atomic E-state index is 12.5. The minimum absolute atomic E-state index is 0.128. The number of para-hydroxylation sites is 1. The van der Waals surface area contributed by atoms with Crippen LogP contribution >= 0.6 is 0 Å². The lowest BCUT2D eigenvalue weighted by Gasteiger charge is -2.19. The molecule has 1 unspecified atom stereocenters. The highest BCUT2D eigenvalue weighted by molar-refractivity contribution is 5.99. The zero-order valence-electron chi connectivity index (χ0n) is 13.3. The number of hydrogen-bond acceptors (Lipinski definition) is 2. The number of carbonyl (C=O) groups excluding carboxylic acids is 2. The number of anilines is 1. The number of rotatable bonds is 5. The molecule has 1 aromatic rings. The van der Waals surface area contributed by atoms with Crippen LogP contribution in [0.3, 0.4) is 0 Å². The first-order valence-electron chi connectivity index (χ1n) is 7.80. The summed E-state index contributed by atoms with van der Waals surface area (Å²) in [4.78, 5) is 25.9. The van der Waals surface area contributed by atoms with Gasteiger partial charge in [-0.15, -0.1) is 0 Å². The maximum atomic E-state index is 12.5. The Morgan fingerprint density at radius 2 is 2.14 bits per heavy atom. The molecule has 1 aliphatic rings. The smallest absolute Gasteiger partial charge is 0.247 e. The highest BCUT2D eigenvalue weighted by atomic mass is 16.2. The summed E-state index contributed by atoms with van der Waals surface area (Å²) in [5.41, 5.74) is 1.52. The van der Waals surface area contributed by atoms with Crippen molar-refractivity contribution in [2.24, 2.45) is 11.8 Å². The van der Waals surface area contributed by atoms with Gasteiger partial charge in [0.1, 0.15) is 0 Å². The van der Waals surface area contributed by atoms with Crippen molar-refractivity contribution in [1.82, 2.24) is 4.90 Å².